The van der Waals surface area contributed by atoms with Crippen LogP contribution in [0.1, 0.15) is 22.0 Å². The second-order valence-electron chi connectivity index (χ2n) is 8.01. The van der Waals surface area contributed by atoms with Crippen LogP contribution in [0.4, 0.5) is 5.13 Å². The summed E-state index contributed by atoms with van der Waals surface area (Å²) in [6, 6.07) is 13.8. The van der Waals surface area contributed by atoms with Gasteiger partial charge in [-0.3, -0.25) is 14.5 Å². The number of amides is 1. The van der Waals surface area contributed by atoms with Gasteiger partial charge in [0.25, 0.3) is 5.78 Å². The van der Waals surface area contributed by atoms with Gasteiger partial charge >= 0.3 is 5.91 Å². The van der Waals surface area contributed by atoms with Crippen molar-refractivity contribution in [2.24, 2.45) is 0 Å². The minimum atomic E-state index is -0.783. The van der Waals surface area contributed by atoms with Crippen molar-refractivity contribution >= 4 is 55.5 Å². The molecular weight excluding hydrogens is 472 g/mol. The molecule has 0 aliphatic carbocycles. The van der Waals surface area contributed by atoms with Crippen molar-refractivity contribution in [2.75, 3.05) is 18.1 Å². The third-order valence-electron chi connectivity index (χ3n) is 5.81. The van der Waals surface area contributed by atoms with Crippen LogP contribution in [0.15, 0.2) is 59.5 Å². The Labute approximate surface area is 202 Å². The molecule has 4 heterocycles. The van der Waals surface area contributed by atoms with Crippen LogP contribution in [0.3, 0.4) is 0 Å². The molecule has 0 saturated carbocycles. The summed E-state index contributed by atoms with van der Waals surface area (Å²) in [5.74, 6) is -0.663. The molecule has 1 atom stereocenters. The van der Waals surface area contributed by atoms with Gasteiger partial charge < -0.3 is 14.6 Å². The molecular formula is C25H18N2O5S2. The van der Waals surface area contributed by atoms with E-state index in [2.05, 4.69) is 4.98 Å². The zero-order chi connectivity index (χ0) is 23.4. The normalized spacial score (nSPS) is 19.2. The molecule has 2 aromatic heterocycles. The maximum absolute atomic E-state index is 13.3. The van der Waals surface area contributed by atoms with Gasteiger partial charge in [-0.15, -0.1) is 11.3 Å². The van der Waals surface area contributed by atoms with Gasteiger partial charge in [0.1, 0.15) is 25.0 Å². The fourth-order valence-corrected chi connectivity index (χ4v) is 6.13. The summed E-state index contributed by atoms with van der Waals surface area (Å²) in [5, 5.41) is 13.6. The lowest BCUT2D eigenvalue weighted by Crippen LogP contribution is -2.28. The Kier molecular flexibility index (Phi) is 4.89. The highest BCUT2D eigenvalue weighted by molar-refractivity contribution is 7.22. The molecule has 0 spiro atoms. The Bertz CT molecular complexity index is 1490. The highest BCUT2D eigenvalue weighted by atomic mass is 32.1. The number of thiophene rings is 1. The Morgan fingerprint density at radius 2 is 1.91 bits per heavy atom. The molecule has 2 aliphatic rings. The first kappa shape index (κ1) is 20.9. The van der Waals surface area contributed by atoms with Crippen molar-refractivity contribution in [3.63, 3.8) is 0 Å². The van der Waals surface area contributed by atoms with Crippen LogP contribution in [0.2, 0.25) is 0 Å². The number of nitrogens with zero attached hydrogens (tertiary/aromatic N) is 2. The molecule has 170 valence electrons. The van der Waals surface area contributed by atoms with E-state index in [-0.39, 0.29) is 11.3 Å². The van der Waals surface area contributed by atoms with Crippen LogP contribution in [0.25, 0.3) is 16.0 Å². The zero-order valence-corrected chi connectivity index (χ0v) is 19.6. The third kappa shape index (κ3) is 3.27. The number of aromatic nitrogens is 1. The van der Waals surface area contributed by atoms with Crippen molar-refractivity contribution in [1.82, 2.24) is 4.98 Å². The lowest BCUT2D eigenvalue weighted by molar-refractivity contribution is -0.132. The quantitative estimate of drug-likeness (QED) is 0.245. The van der Waals surface area contributed by atoms with E-state index < -0.39 is 17.7 Å². The van der Waals surface area contributed by atoms with Gasteiger partial charge in [-0.2, -0.15) is 0 Å². The van der Waals surface area contributed by atoms with E-state index in [1.54, 1.807) is 18.2 Å². The maximum Gasteiger partial charge on any atom is 0.301 e. The molecule has 2 aromatic carbocycles. The number of carbonyl (C=O) groups is 2. The number of ether oxygens (including phenoxy) is 2. The molecule has 0 radical (unpaired) electrons. The van der Waals surface area contributed by atoms with Gasteiger partial charge in [0.15, 0.2) is 16.6 Å². The van der Waals surface area contributed by atoms with E-state index in [1.807, 2.05) is 42.6 Å². The van der Waals surface area contributed by atoms with E-state index in [4.69, 9.17) is 9.47 Å². The molecule has 2 aliphatic heterocycles. The number of aliphatic hydroxyl groups is 1. The molecule has 7 nitrogen and oxygen atoms in total. The Morgan fingerprint density at radius 1 is 1.09 bits per heavy atom. The van der Waals surface area contributed by atoms with Crippen molar-refractivity contribution in [2.45, 2.75) is 13.0 Å². The van der Waals surface area contributed by atoms with E-state index in [9.17, 15) is 14.7 Å². The summed E-state index contributed by atoms with van der Waals surface area (Å²) in [5.41, 5.74) is 2.24. The maximum atomic E-state index is 13.3. The number of ketones is 1. The molecule has 1 fully saturated rings. The summed E-state index contributed by atoms with van der Waals surface area (Å²) in [6.07, 6.45) is 0. The summed E-state index contributed by atoms with van der Waals surface area (Å²) in [7, 11) is 0. The Hall–Kier alpha value is -3.69. The molecule has 4 aromatic rings. The van der Waals surface area contributed by atoms with Gasteiger partial charge in [-0.25, -0.2) is 4.98 Å². The lowest BCUT2D eigenvalue weighted by Gasteiger charge is -2.22. The topological polar surface area (TPSA) is 89.0 Å². The monoisotopic (exact) mass is 490 g/mol. The van der Waals surface area contributed by atoms with Gasteiger partial charge in [0.2, 0.25) is 0 Å². The highest BCUT2D eigenvalue weighted by Gasteiger charge is 2.48. The minimum absolute atomic E-state index is 0.0274. The number of aryl methyl sites for hydroxylation is 1. The first-order valence-electron chi connectivity index (χ1n) is 10.6. The molecule has 1 amide bonds. The largest absolute Gasteiger partial charge is 0.507 e. The van der Waals surface area contributed by atoms with Gasteiger partial charge in [-0.05, 0) is 54.3 Å². The van der Waals surface area contributed by atoms with Crippen LogP contribution < -0.4 is 14.4 Å². The number of hydrogen-bond donors (Lipinski definition) is 1. The summed E-state index contributed by atoms with van der Waals surface area (Å²) >= 11 is 2.76. The number of thiazole rings is 1. The Morgan fingerprint density at radius 3 is 2.71 bits per heavy atom. The summed E-state index contributed by atoms with van der Waals surface area (Å²) in [4.78, 5) is 33.4. The number of carbonyl (C=O) groups excluding carboxylic acids is 2. The first-order chi connectivity index (χ1) is 16.5. The average Bonchev–Trinajstić information content (AvgIpc) is 3.57. The van der Waals surface area contributed by atoms with Gasteiger partial charge in [0, 0.05) is 10.4 Å². The molecule has 1 N–H and O–H groups in total. The number of aliphatic hydroxyl groups excluding tert-OH is 1. The zero-order valence-electron chi connectivity index (χ0n) is 18.0. The van der Waals surface area contributed by atoms with Crippen molar-refractivity contribution in [3.8, 4) is 11.5 Å². The van der Waals surface area contributed by atoms with Crippen LogP contribution in [0, 0.1) is 6.92 Å². The smallest absolute Gasteiger partial charge is 0.301 e. The van der Waals surface area contributed by atoms with Gasteiger partial charge in [-0.1, -0.05) is 23.5 Å². The third-order valence-corrected chi connectivity index (χ3v) is 7.75. The predicted molar refractivity (Wildman–Crippen MR) is 131 cm³/mol. The number of fused-ring (bicyclic) bond motifs is 2. The molecule has 0 bridgehead atoms. The van der Waals surface area contributed by atoms with Crippen molar-refractivity contribution in [1.29, 1.82) is 0 Å². The van der Waals surface area contributed by atoms with E-state index in [0.29, 0.717) is 35.4 Å². The van der Waals surface area contributed by atoms with Gasteiger partial charge in [0.05, 0.1) is 15.8 Å². The van der Waals surface area contributed by atoms with Crippen molar-refractivity contribution in [3.05, 3.63) is 75.5 Å². The molecule has 9 heteroatoms. The lowest BCUT2D eigenvalue weighted by atomic mass is 9.99. The molecule has 0 unspecified atom stereocenters. The van der Waals surface area contributed by atoms with Crippen molar-refractivity contribution < 1.29 is 24.2 Å². The fourth-order valence-electron chi connectivity index (χ4n) is 4.21. The molecule has 1 saturated heterocycles. The fraction of sp³-hybridized carbons (Fsp3) is 0.160. The number of rotatable bonds is 3. The van der Waals surface area contributed by atoms with E-state index in [0.717, 1.165) is 20.7 Å². The average molecular weight is 491 g/mol. The molecule has 6 rings (SSSR count). The SMILES string of the molecule is Cc1ccc2nc(N3C(=O)C(=O)/C(=C(/O)c4ccc5c(c4)OCCO5)[C@H]3c3cccs3)sc2c1. The van der Waals surface area contributed by atoms with Crippen LogP contribution in [0.5, 0.6) is 11.5 Å². The highest BCUT2D eigenvalue weighted by Crippen LogP contribution is 2.46. The second kappa shape index (κ2) is 7.96. The number of benzene rings is 2. The standard InChI is InChI=1S/C25H18N2O5S2/c1-13-4-6-15-19(11-13)34-25(26-15)27-21(18-3-2-10-33-18)20(23(29)24(27)30)22(28)14-5-7-16-17(12-14)32-9-8-31-16/h2-7,10-12,21,28H,8-9H2,1H3/b22-20+/t21-/m1/s1. The number of Topliss-reactive ketones (excluding diaryl/α,β-unsaturated/α-hetero) is 1. The first-order valence-corrected chi connectivity index (χ1v) is 12.3. The minimum Gasteiger partial charge on any atom is -0.507 e. The predicted octanol–water partition coefficient (Wildman–Crippen LogP) is 5.06. The summed E-state index contributed by atoms with van der Waals surface area (Å²) < 4.78 is 12.1. The second-order valence-corrected chi connectivity index (χ2v) is 10.00. The number of hydrogen-bond acceptors (Lipinski definition) is 8. The summed E-state index contributed by atoms with van der Waals surface area (Å²) in [6.45, 7) is 2.83. The molecule has 34 heavy (non-hydrogen) atoms. The Balaban J connectivity index is 1.52. The van der Waals surface area contributed by atoms with E-state index in [1.165, 1.54) is 27.6 Å². The number of anilines is 1. The van der Waals surface area contributed by atoms with Crippen LogP contribution in [-0.2, 0) is 9.59 Å². The van der Waals surface area contributed by atoms with E-state index >= 15 is 0 Å². The van der Waals surface area contributed by atoms with Crippen LogP contribution >= 0.6 is 22.7 Å². The van der Waals surface area contributed by atoms with Crippen LogP contribution in [-0.4, -0.2) is 35.0 Å².